The van der Waals surface area contributed by atoms with Crippen molar-refractivity contribution in [2.24, 2.45) is 0 Å². The van der Waals surface area contributed by atoms with Crippen LogP contribution in [0, 0.1) is 0 Å². The molecule has 2 aromatic carbocycles. The number of rotatable bonds is 4. The Morgan fingerprint density at radius 1 is 0.885 bits per heavy atom. The summed E-state index contributed by atoms with van der Waals surface area (Å²) in [6.45, 7) is -0.552. The normalized spacial score (nSPS) is 28.5. The van der Waals surface area contributed by atoms with E-state index in [2.05, 4.69) is 5.32 Å². The minimum absolute atomic E-state index is 0.349. The van der Waals surface area contributed by atoms with Crippen LogP contribution in [0.5, 0.6) is 0 Å². The van der Waals surface area contributed by atoms with Crippen molar-refractivity contribution in [3.05, 3.63) is 60.2 Å². The van der Waals surface area contributed by atoms with Crippen LogP contribution in [0.4, 0.5) is 0 Å². The maximum atomic E-state index is 12.4. The van der Waals surface area contributed by atoms with Crippen molar-refractivity contribution in [2.45, 2.75) is 30.6 Å². The highest BCUT2D eigenvalue weighted by Crippen LogP contribution is 2.21. The molecule has 0 aromatic heterocycles. The maximum Gasteiger partial charge on any atom is 0.253 e. The first-order chi connectivity index (χ1) is 12.5. The molecular weight excluding hydrogens is 338 g/mol. The van der Waals surface area contributed by atoms with Crippen molar-refractivity contribution >= 4 is 5.91 Å². The van der Waals surface area contributed by atoms with Crippen molar-refractivity contribution in [3.63, 3.8) is 0 Å². The van der Waals surface area contributed by atoms with Gasteiger partial charge in [-0.15, -0.1) is 0 Å². The van der Waals surface area contributed by atoms with Crippen molar-refractivity contribution in [1.82, 2.24) is 5.32 Å². The van der Waals surface area contributed by atoms with Crippen LogP contribution >= 0.6 is 0 Å². The number of hydrogen-bond acceptors (Lipinski definition) is 6. The van der Waals surface area contributed by atoms with Crippen LogP contribution in [0.15, 0.2) is 54.6 Å². The molecule has 0 spiro atoms. The number of aliphatic hydroxyl groups is 4. The van der Waals surface area contributed by atoms with Crippen LogP contribution < -0.4 is 5.32 Å². The lowest BCUT2D eigenvalue weighted by Gasteiger charge is -2.40. The van der Waals surface area contributed by atoms with Gasteiger partial charge in [-0.1, -0.05) is 42.5 Å². The number of nitrogens with one attached hydrogen (secondary N) is 1. The second kappa shape index (κ2) is 7.94. The van der Waals surface area contributed by atoms with Crippen LogP contribution in [0.1, 0.15) is 10.4 Å². The van der Waals surface area contributed by atoms with E-state index in [1.54, 1.807) is 24.3 Å². The van der Waals surface area contributed by atoms with E-state index in [9.17, 15) is 25.2 Å². The van der Waals surface area contributed by atoms with Gasteiger partial charge in [-0.05, 0) is 23.3 Å². The quantitative estimate of drug-likeness (QED) is 0.519. The Hall–Kier alpha value is -2.29. The molecule has 1 saturated heterocycles. The minimum atomic E-state index is -1.54. The largest absolute Gasteiger partial charge is 0.394 e. The summed E-state index contributed by atoms with van der Waals surface area (Å²) in [5.74, 6) is -0.506. The zero-order valence-corrected chi connectivity index (χ0v) is 13.9. The predicted octanol–water partition coefficient (Wildman–Crippen LogP) is -0.117. The van der Waals surface area contributed by atoms with Crippen molar-refractivity contribution < 1.29 is 30.0 Å². The monoisotopic (exact) mass is 359 g/mol. The third-order valence-electron chi connectivity index (χ3n) is 4.42. The molecule has 5 N–H and O–H groups in total. The highest BCUT2D eigenvalue weighted by Gasteiger charge is 2.44. The number of ether oxygens (including phenoxy) is 1. The molecule has 1 aliphatic heterocycles. The van der Waals surface area contributed by atoms with Gasteiger partial charge in [0.2, 0.25) is 0 Å². The highest BCUT2D eigenvalue weighted by molar-refractivity contribution is 5.94. The van der Waals surface area contributed by atoms with Crippen LogP contribution in [0.2, 0.25) is 0 Å². The smallest absolute Gasteiger partial charge is 0.253 e. The molecule has 1 fully saturated rings. The number of carbonyl (C=O) groups excluding carboxylic acids is 1. The molecule has 5 atom stereocenters. The molecule has 1 aliphatic rings. The van der Waals surface area contributed by atoms with E-state index in [1.807, 2.05) is 30.3 Å². The summed E-state index contributed by atoms with van der Waals surface area (Å²) < 4.78 is 5.27. The number of amides is 1. The van der Waals surface area contributed by atoms with E-state index >= 15 is 0 Å². The van der Waals surface area contributed by atoms with Crippen molar-refractivity contribution in [1.29, 1.82) is 0 Å². The van der Waals surface area contributed by atoms with Gasteiger partial charge in [0.25, 0.3) is 5.91 Å². The molecule has 0 saturated carbocycles. The molecule has 0 aliphatic carbocycles. The lowest BCUT2D eigenvalue weighted by atomic mass is 9.98. The van der Waals surface area contributed by atoms with Gasteiger partial charge in [-0.3, -0.25) is 4.79 Å². The summed E-state index contributed by atoms with van der Waals surface area (Å²) in [7, 11) is 0. The molecule has 0 radical (unpaired) electrons. The van der Waals surface area contributed by atoms with Gasteiger partial charge in [0.15, 0.2) is 6.23 Å². The fourth-order valence-electron chi connectivity index (χ4n) is 2.88. The first-order valence-corrected chi connectivity index (χ1v) is 8.28. The first-order valence-electron chi connectivity index (χ1n) is 8.28. The van der Waals surface area contributed by atoms with Crippen molar-refractivity contribution in [2.75, 3.05) is 6.61 Å². The Balaban J connectivity index is 1.69. The van der Waals surface area contributed by atoms with E-state index in [-0.39, 0.29) is 0 Å². The fraction of sp³-hybridized carbons (Fsp3) is 0.316. The van der Waals surface area contributed by atoms with Crippen molar-refractivity contribution in [3.8, 4) is 11.1 Å². The summed E-state index contributed by atoms with van der Waals surface area (Å²) >= 11 is 0. The molecule has 138 valence electrons. The van der Waals surface area contributed by atoms with E-state index < -0.39 is 43.2 Å². The van der Waals surface area contributed by atoms with Gasteiger partial charge in [0.05, 0.1) is 6.61 Å². The average molecular weight is 359 g/mol. The Kier molecular flexibility index (Phi) is 5.65. The minimum Gasteiger partial charge on any atom is -0.394 e. The lowest BCUT2D eigenvalue weighted by molar-refractivity contribution is -0.233. The van der Waals surface area contributed by atoms with Crippen LogP contribution in [-0.2, 0) is 4.74 Å². The summed E-state index contributed by atoms with van der Waals surface area (Å²) in [5, 5.41) is 41.2. The molecule has 26 heavy (non-hydrogen) atoms. The number of hydrogen-bond donors (Lipinski definition) is 5. The second-order valence-electron chi connectivity index (χ2n) is 6.17. The number of benzene rings is 2. The third kappa shape index (κ3) is 3.77. The van der Waals surface area contributed by atoms with Gasteiger partial charge < -0.3 is 30.5 Å². The predicted molar refractivity (Wildman–Crippen MR) is 93.1 cm³/mol. The average Bonchev–Trinajstić information content (AvgIpc) is 2.69. The van der Waals surface area contributed by atoms with E-state index in [1.165, 1.54) is 0 Å². The Morgan fingerprint density at radius 3 is 2.12 bits per heavy atom. The molecule has 7 heteroatoms. The molecule has 1 amide bonds. The lowest BCUT2D eigenvalue weighted by Crippen LogP contribution is -2.63. The fourth-order valence-corrected chi connectivity index (χ4v) is 2.88. The third-order valence-corrected chi connectivity index (χ3v) is 4.42. The zero-order valence-electron chi connectivity index (χ0n) is 13.9. The molecule has 0 unspecified atom stereocenters. The van der Waals surface area contributed by atoms with Gasteiger partial charge in [0.1, 0.15) is 24.4 Å². The summed E-state index contributed by atoms with van der Waals surface area (Å²) in [6, 6.07) is 16.6. The van der Waals surface area contributed by atoms with Gasteiger partial charge in [-0.2, -0.15) is 0 Å². The Morgan fingerprint density at radius 2 is 1.50 bits per heavy atom. The van der Waals surface area contributed by atoms with E-state index in [4.69, 9.17) is 4.74 Å². The highest BCUT2D eigenvalue weighted by atomic mass is 16.6. The summed E-state index contributed by atoms with van der Waals surface area (Å²) in [4.78, 5) is 12.4. The van der Waals surface area contributed by atoms with Crippen LogP contribution in [0.3, 0.4) is 0 Å². The van der Waals surface area contributed by atoms with Gasteiger partial charge in [0, 0.05) is 5.56 Å². The molecule has 3 rings (SSSR count). The number of carbonyl (C=O) groups is 1. The first kappa shape index (κ1) is 18.5. The maximum absolute atomic E-state index is 12.4. The molecule has 7 nitrogen and oxygen atoms in total. The SMILES string of the molecule is O=C(N[C@@H]1O[C@H](CO)[C@@H](O)[C@H](O)[C@H]1O)c1ccc(-c2ccccc2)cc1. The van der Waals surface area contributed by atoms with Crippen LogP contribution in [-0.4, -0.2) is 63.6 Å². The molecular formula is C19H21NO6. The summed E-state index contributed by atoms with van der Waals surface area (Å²) in [6.07, 6.45) is -6.83. The van der Waals surface area contributed by atoms with E-state index in [0.29, 0.717) is 5.56 Å². The topological polar surface area (TPSA) is 119 Å². The van der Waals surface area contributed by atoms with Gasteiger partial charge >= 0.3 is 0 Å². The molecule has 1 heterocycles. The van der Waals surface area contributed by atoms with Crippen LogP contribution in [0.25, 0.3) is 11.1 Å². The van der Waals surface area contributed by atoms with E-state index in [0.717, 1.165) is 11.1 Å². The zero-order chi connectivity index (χ0) is 18.7. The summed E-state index contributed by atoms with van der Waals surface area (Å²) in [5.41, 5.74) is 2.32. The van der Waals surface area contributed by atoms with Gasteiger partial charge in [-0.25, -0.2) is 0 Å². The Bertz CT molecular complexity index is 733. The second-order valence-corrected chi connectivity index (χ2v) is 6.17. The molecule has 2 aromatic rings. The number of aliphatic hydroxyl groups excluding tert-OH is 4. The molecule has 0 bridgehead atoms. The Labute approximate surface area is 150 Å². The standard InChI is InChI=1S/C19H21NO6/c21-10-14-15(22)16(23)17(24)19(26-14)20-18(25)13-8-6-12(7-9-13)11-4-2-1-3-5-11/h1-9,14-17,19,21-24H,10H2,(H,20,25)/t14-,15-,16+,17-,19-/m1/s1.